The van der Waals surface area contributed by atoms with Gasteiger partial charge in [-0.25, -0.2) is 5.32 Å². The monoisotopic (exact) mass is 157 g/mol. The van der Waals surface area contributed by atoms with Crippen LogP contribution in [-0.4, -0.2) is 38.8 Å². The van der Waals surface area contributed by atoms with Crippen LogP contribution in [0.5, 0.6) is 0 Å². The lowest BCUT2D eigenvalue weighted by Crippen LogP contribution is -2.39. The molecule has 1 atom stereocenters. The van der Waals surface area contributed by atoms with Gasteiger partial charge in [0.15, 0.2) is 0 Å². The summed E-state index contributed by atoms with van der Waals surface area (Å²) in [7, 11) is 1.63. The Kier molecular flexibility index (Phi) is 3.32. The molecule has 1 radical (unpaired) electrons. The minimum atomic E-state index is 0.0317. The summed E-state index contributed by atoms with van der Waals surface area (Å²) < 4.78 is 5.15. The standard InChI is InChI=1S/C7H13N2O2/c1-8-7(10)4-6-5-11-3-2-9-6/h6H,2-5H2,1H3,(H,8,10). The molecule has 1 heterocycles. The van der Waals surface area contributed by atoms with Crippen LogP contribution in [0, 0.1) is 0 Å². The van der Waals surface area contributed by atoms with Gasteiger partial charge in [0.05, 0.1) is 19.3 Å². The van der Waals surface area contributed by atoms with Crippen LogP contribution in [0.3, 0.4) is 0 Å². The van der Waals surface area contributed by atoms with Crippen molar-refractivity contribution in [2.75, 3.05) is 26.8 Å². The zero-order valence-corrected chi connectivity index (χ0v) is 6.67. The molecule has 1 fully saturated rings. The van der Waals surface area contributed by atoms with Crippen molar-refractivity contribution in [3.8, 4) is 0 Å². The van der Waals surface area contributed by atoms with E-state index >= 15 is 0 Å². The largest absolute Gasteiger partial charge is 0.378 e. The second kappa shape index (κ2) is 4.31. The maximum absolute atomic E-state index is 10.9. The molecule has 0 aliphatic carbocycles. The predicted molar refractivity (Wildman–Crippen MR) is 40.3 cm³/mol. The lowest BCUT2D eigenvalue weighted by Gasteiger charge is -2.20. The maximum Gasteiger partial charge on any atom is 0.221 e. The lowest BCUT2D eigenvalue weighted by atomic mass is 10.2. The van der Waals surface area contributed by atoms with Gasteiger partial charge < -0.3 is 10.1 Å². The quantitative estimate of drug-likeness (QED) is 0.566. The molecular formula is C7H13N2O2. The molecule has 0 saturated carbocycles. The molecule has 0 spiro atoms. The Balaban J connectivity index is 2.19. The van der Waals surface area contributed by atoms with E-state index in [1.807, 2.05) is 0 Å². The van der Waals surface area contributed by atoms with Crippen LogP contribution in [0.1, 0.15) is 6.42 Å². The SMILES string of the molecule is CNC(=O)CC1COCC[N]1. The Morgan fingerprint density at radius 2 is 2.64 bits per heavy atom. The number of carbonyl (C=O) groups is 1. The number of nitrogens with one attached hydrogen (secondary N) is 1. The number of nitrogens with zero attached hydrogens (tertiary/aromatic N) is 1. The van der Waals surface area contributed by atoms with Gasteiger partial charge in [-0.1, -0.05) is 0 Å². The van der Waals surface area contributed by atoms with Crippen molar-refractivity contribution in [1.29, 1.82) is 0 Å². The summed E-state index contributed by atoms with van der Waals surface area (Å²) in [6.45, 7) is 2.01. The zero-order chi connectivity index (χ0) is 8.10. The molecule has 0 aromatic carbocycles. The normalized spacial score (nSPS) is 24.6. The van der Waals surface area contributed by atoms with Crippen LogP contribution >= 0.6 is 0 Å². The van der Waals surface area contributed by atoms with Crippen LogP contribution in [0.15, 0.2) is 0 Å². The van der Waals surface area contributed by atoms with Gasteiger partial charge in [-0.05, 0) is 0 Å². The highest BCUT2D eigenvalue weighted by atomic mass is 16.5. The Hall–Kier alpha value is -0.610. The minimum Gasteiger partial charge on any atom is -0.378 e. The van der Waals surface area contributed by atoms with E-state index in [9.17, 15) is 4.79 Å². The summed E-state index contributed by atoms with van der Waals surface area (Å²) in [6, 6.07) is 0.0729. The molecular weight excluding hydrogens is 144 g/mol. The number of morpholine rings is 1. The number of amides is 1. The molecule has 63 valence electrons. The highest BCUT2D eigenvalue weighted by molar-refractivity contribution is 5.76. The van der Waals surface area contributed by atoms with Crippen LogP contribution in [0.2, 0.25) is 0 Å². The first-order chi connectivity index (χ1) is 5.33. The van der Waals surface area contributed by atoms with E-state index in [2.05, 4.69) is 10.6 Å². The Morgan fingerprint density at radius 3 is 3.18 bits per heavy atom. The second-order valence-electron chi connectivity index (χ2n) is 2.51. The molecule has 1 aliphatic heterocycles. The molecule has 0 aromatic heterocycles. The van der Waals surface area contributed by atoms with Gasteiger partial charge in [-0.3, -0.25) is 4.79 Å². The van der Waals surface area contributed by atoms with Crippen molar-refractivity contribution in [3.63, 3.8) is 0 Å². The first-order valence-corrected chi connectivity index (χ1v) is 3.78. The smallest absolute Gasteiger partial charge is 0.221 e. The van der Waals surface area contributed by atoms with Gasteiger partial charge in [0.1, 0.15) is 0 Å². The molecule has 1 amide bonds. The molecule has 4 heteroatoms. The minimum absolute atomic E-state index is 0.0317. The van der Waals surface area contributed by atoms with Crippen molar-refractivity contribution >= 4 is 5.91 Å². The van der Waals surface area contributed by atoms with Gasteiger partial charge in [0, 0.05) is 20.0 Å². The van der Waals surface area contributed by atoms with E-state index in [0.29, 0.717) is 19.6 Å². The molecule has 11 heavy (non-hydrogen) atoms. The molecule has 1 unspecified atom stereocenters. The van der Waals surface area contributed by atoms with Crippen molar-refractivity contribution in [3.05, 3.63) is 0 Å². The molecule has 1 rings (SSSR count). The first kappa shape index (κ1) is 8.49. The molecule has 4 nitrogen and oxygen atoms in total. The van der Waals surface area contributed by atoms with Crippen molar-refractivity contribution < 1.29 is 9.53 Å². The van der Waals surface area contributed by atoms with E-state index in [-0.39, 0.29) is 11.9 Å². The van der Waals surface area contributed by atoms with Gasteiger partial charge in [0.2, 0.25) is 5.91 Å². The Morgan fingerprint density at radius 1 is 1.82 bits per heavy atom. The summed E-state index contributed by atoms with van der Waals surface area (Å²) in [5.41, 5.74) is 0. The number of rotatable bonds is 2. The number of carbonyl (C=O) groups excluding carboxylic acids is 1. The third kappa shape index (κ3) is 2.86. The molecule has 0 bridgehead atoms. The topological polar surface area (TPSA) is 52.4 Å². The van der Waals surface area contributed by atoms with Crippen LogP contribution < -0.4 is 10.6 Å². The van der Waals surface area contributed by atoms with Crippen molar-refractivity contribution in [2.24, 2.45) is 0 Å². The van der Waals surface area contributed by atoms with Crippen molar-refractivity contribution in [1.82, 2.24) is 10.6 Å². The van der Waals surface area contributed by atoms with Crippen LogP contribution in [0.25, 0.3) is 0 Å². The first-order valence-electron chi connectivity index (χ1n) is 3.78. The highest BCUT2D eigenvalue weighted by Gasteiger charge is 2.16. The molecule has 0 aromatic rings. The average molecular weight is 157 g/mol. The summed E-state index contributed by atoms with van der Waals surface area (Å²) in [4.78, 5) is 10.9. The van der Waals surface area contributed by atoms with E-state index in [4.69, 9.17) is 4.74 Å². The van der Waals surface area contributed by atoms with Gasteiger partial charge in [-0.2, -0.15) is 0 Å². The van der Waals surface area contributed by atoms with Crippen LogP contribution in [-0.2, 0) is 9.53 Å². The molecule has 1 saturated heterocycles. The summed E-state index contributed by atoms with van der Waals surface area (Å²) in [5, 5.41) is 6.79. The summed E-state index contributed by atoms with van der Waals surface area (Å²) in [6.07, 6.45) is 0.455. The lowest BCUT2D eigenvalue weighted by molar-refractivity contribution is -0.121. The fraction of sp³-hybridized carbons (Fsp3) is 0.857. The fourth-order valence-electron chi connectivity index (χ4n) is 1.01. The highest BCUT2D eigenvalue weighted by Crippen LogP contribution is 1.99. The molecule has 1 aliphatic rings. The zero-order valence-electron chi connectivity index (χ0n) is 6.67. The average Bonchev–Trinajstić information content (AvgIpc) is 2.06. The van der Waals surface area contributed by atoms with Gasteiger partial charge >= 0.3 is 0 Å². The van der Waals surface area contributed by atoms with E-state index in [1.165, 1.54) is 0 Å². The number of hydrogen-bond acceptors (Lipinski definition) is 2. The predicted octanol–water partition coefficient (Wildman–Crippen LogP) is -0.874. The molecule has 1 N–H and O–H groups in total. The van der Waals surface area contributed by atoms with Crippen LogP contribution in [0.4, 0.5) is 0 Å². The fourth-order valence-corrected chi connectivity index (χ4v) is 1.01. The Labute approximate surface area is 66.3 Å². The summed E-state index contributed by atoms with van der Waals surface area (Å²) >= 11 is 0. The van der Waals surface area contributed by atoms with E-state index in [1.54, 1.807) is 7.05 Å². The van der Waals surface area contributed by atoms with Gasteiger partial charge in [-0.15, -0.1) is 0 Å². The number of hydrogen-bond donors (Lipinski definition) is 1. The van der Waals surface area contributed by atoms with Gasteiger partial charge in [0.25, 0.3) is 0 Å². The van der Waals surface area contributed by atoms with Crippen molar-refractivity contribution in [2.45, 2.75) is 12.5 Å². The third-order valence-corrected chi connectivity index (χ3v) is 1.63. The summed E-state index contributed by atoms with van der Waals surface area (Å²) in [5.74, 6) is 0.0317. The maximum atomic E-state index is 10.9. The Bertz CT molecular complexity index is 132. The second-order valence-corrected chi connectivity index (χ2v) is 2.51. The number of ether oxygens (including phenoxy) is 1. The van der Waals surface area contributed by atoms with E-state index in [0.717, 1.165) is 6.54 Å². The third-order valence-electron chi connectivity index (χ3n) is 1.63. The van der Waals surface area contributed by atoms with E-state index < -0.39 is 0 Å².